The van der Waals surface area contributed by atoms with Gasteiger partial charge < -0.3 is 20.2 Å². The predicted molar refractivity (Wildman–Crippen MR) is 112 cm³/mol. The number of nitrogens with zero attached hydrogens (tertiary/aromatic N) is 2. The normalized spacial score (nSPS) is 15.9. The van der Waals surface area contributed by atoms with E-state index in [9.17, 15) is 0 Å². The first-order chi connectivity index (χ1) is 11.8. The number of aliphatic imine (C=N–C) groups is 1. The maximum atomic E-state index is 5.91. The first kappa shape index (κ1) is 20.0. The molecular formula is C18H27IN4O2. The quantitative estimate of drug-likeness (QED) is 0.288. The highest BCUT2D eigenvalue weighted by Gasteiger charge is 2.08. The van der Waals surface area contributed by atoms with Crippen LogP contribution in [0.15, 0.2) is 39.7 Å². The molecule has 0 unspecified atom stereocenters. The average Bonchev–Trinajstić information content (AvgIpc) is 3.02. The highest BCUT2D eigenvalue weighted by Crippen LogP contribution is 2.18. The largest absolute Gasteiger partial charge is 0.461 e. The number of ether oxygens (including phenoxy) is 1. The van der Waals surface area contributed by atoms with Crippen molar-refractivity contribution < 1.29 is 9.15 Å². The third kappa shape index (κ3) is 6.48. The number of fused-ring (bicyclic) bond motifs is 1. The van der Waals surface area contributed by atoms with E-state index in [2.05, 4.69) is 27.3 Å². The van der Waals surface area contributed by atoms with Crippen molar-refractivity contribution >= 4 is 40.9 Å². The number of morpholine rings is 1. The second kappa shape index (κ2) is 10.6. The maximum absolute atomic E-state index is 5.91. The third-order valence-electron chi connectivity index (χ3n) is 4.17. The number of guanidine groups is 1. The lowest BCUT2D eigenvalue weighted by Gasteiger charge is -2.26. The van der Waals surface area contributed by atoms with Crippen LogP contribution in [-0.4, -0.2) is 56.8 Å². The molecule has 6 nitrogen and oxygen atoms in total. The molecule has 0 amide bonds. The summed E-state index contributed by atoms with van der Waals surface area (Å²) in [7, 11) is 0. The van der Waals surface area contributed by atoms with Gasteiger partial charge in [0.05, 0.1) is 13.2 Å². The first-order valence-corrected chi connectivity index (χ1v) is 8.62. The van der Waals surface area contributed by atoms with E-state index in [1.165, 1.54) is 0 Å². The maximum Gasteiger partial charge on any atom is 0.188 e. The van der Waals surface area contributed by atoms with Crippen LogP contribution in [0.2, 0.25) is 0 Å². The molecule has 0 bridgehead atoms. The Morgan fingerprint density at radius 3 is 2.84 bits per heavy atom. The van der Waals surface area contributed by atoms with Crippen molar-refractivity contribution in [2.75, 3.05) is 45.9 Å². The zero-order valence-corrected chi connectivity index (χ0v) is 16.8. The van der Waals surface area contributed by atoms with Crippen LogP contribution in [-0.2, 0) is 11.2 Å². The number of halogens is 1. The smallest absolute Gasteiger partial charge is 0.188 e. The van der Waals surface area contributed by atoms with Crippen LogP contribution in [0.5, 0.6) is 0 Å². The number of hydrogen-bond acceptors (Lipinski definition) is 4. The molecule has 1 saturated heterocycles. The van der Waals surface area contributed by atoms with Crippen molar-refractivity contribution in [2.24, 2.45) is 10.7 Å². The van der Waals surface area contributed by atoms with E-state index in [4.69, 9.17) is 14.9 Å². The Morgan fingerprint density at radius 1 is 1.24 bits per heavy atom. The molecule has 0 saturated carbocycles. The Kier molecular flexibility index (Phi) is 8.50. The molecule has 138 valence electrons. The summed E-state index contributed by atoms with van der Waals surface area (Å²) < 4.78 is 11.1. The molecule has 3 N–H and O–H groups in total. The fraction of sp³-hybridized carbons (Fsp3) is 0.500. The minimum Gasteiger partial charge on any atom is -0.461 e. The molecule has 0 spiro atoms. The summed E-state index contributed by atoms with van der Waals surface area (Å²) in [5.41, 5.74) is 6.83. The van der Waals surface area contributed by atoms with Gasteiger partial charge in [0.2, 0.25) is 0 Å². The number of furan rings is 1. The Morgan fingerprint density at radius 2 is 2.04 bits per heavy atom. The molecule has 1 aliphatic rings. The zero-order valence-electron chi connectivity index (χ0n) is 14.4. The van der Waals surface area contributed by atoms with Crippen molar-refractivity contribution in [3.63, 3.8) is 0 Å². The molecule has 2 aromatic rings. The molecule has 1 aromatic heterocycles. The fourth-order valence-corrected chi connectivity index (χ4v) is 2.85. The number of nitrogens with two attached hydrogens (primary N) is 1. The fourth-order valence-electron chi connectivity index (χ4n) is 2.85. The summed E-state index contributed by atoms with van der Waals surface area (Å²) in [6.07, 6.45) is 1.81. The summed E-state index contributed by atoms with van der Waals surface area (Å²) >= 11 is 0. The Bertz CT molecular complexity index is 635. The molecule has 0 radical (unpaired) electrons. The van der Waals surface area contributed by atoms with Gasteiger partial charge in [0.25, 0.3) is 0 Å². The molecule has 3 rings (SSSR count). The van der Waals surface area contributed by atoms with Gasteiger partial charge in [-0.1, -0.05) is 18.2 Å². The van der Waals surface area contributed by atoms with Crippen LogP contribution in [0.25, 0.3) is 11.0 Å². The van der Waals surface area contributed by atoms with Gasteiger partial charge in [-0.2, -0.15) is 0 Å². The van der Waals surface area contributed by atoms with E-state index in [0.717, 1.165) is 75.5 Å². The summed E-state index contributed by atoms with van der Waals surface area (Å²) in [5, 5.41) is 4.28. The molecule has 7 heteroatoms. The van der Waals surface area contributed by atoms with E-state index >= 15 is 0 Å². The van der Waals surface area contributed by atoms with Crippen molar-refractivity contribution in [2.45, 2.75) is 12.8 Å². The van der Waals surface area contributed by atoms with Gasteiger partial charge in [-0.3, -0.25) is 9.89 Å². The highest BCUT2D eigenvalue weighted by molar-refractivity contribution is 14.0. The molecule has 2 heterocycles. The summed E-state index contributed by atoms with van der Waals surface area (Å²) in [5.74, 6) is 1.47. The van der Waals surface area contributed by atoms with Crippen LogP contribution in [0, 0.1) is 0 Å². The lowest BCUT2D eigenvalue weighted by Crippen LogP contribution is -2.37. The van der Waals surface area contributed by atoms with E-state index in [0.29, 0.717) is 5.96 Å². The third-order valence-corrected chi connectivity index (χ3v) is 4.17. The Balaban J connectivity index is 0.00000225. The SMILES string of the molecule is I.NC(=NCCCN1CCOCC1)NCCc1cc2ccccc2o1. The molecule has 1 aromatic carbocycles. The van der Waals surface area contributed by atoms with Gasteiger partial charge in [-0.25, -0.2) is 0 Å². The van der Waals surface area contributed by atoms with Crippen LogP contribution in [0.1, 0.15) is 12.2 Å². The predicted octanol–water partition coefficient (Wildman–Crippen LogP) is 2.22. The first-order valence-electron chi connectivity index (χ1n) is 8.62. The van der Waals surface area contributed by atoms with Gasteiger partial charge in [0.15, 0.2) is 5.96 Å². The lowest BCUT2D eigenvalue weighted by atomic mass is 10.2. The number of para-hydroxylation sites is 1. The van der Waals surface area contributed by atoms with Crippen molar-refractivity contribution in [3.05, 3.63) is 36.1 Å². The standard InChI is InChI=1S/C18H26N4O2.HI/c19-18(20-7-3-9-22-10-12-23-13-11-22)21-8-6-16-14-15-4-1-2-5-17(15)24-16;/h1-2,4-5,14H,3,6-13H2,(H3,19,20,21);1H. The number of benzene rings is 1. The van der Waals surface area contributed by atoms with Crippen LogP contribution in [0.3, 0.4) is 0 Å². The zero-order chi connectivity index (χ0) is 16.6. The lowest BCUT2D eigenvalue weighted by molar-refractivity contribution is 0.0377. The van der Waals surface area contributed by atoms with E-state index < -0.39 is 0 Å². The van der Waals surface area contributed by atoms with Crippen LogP contribution < -0.4 is 11.1 Å². The Labute approximate surface area is 165 Å². The van der Waals surface area contributed by atoms with Crippen molar-refractivity contribution in [1.82, 2.24) is 10.2 Å². The highest BCUT2D eigenvalue weighted by atomic mass is 127. The molecule has 1 fully saturated rings. The number of hydrogen-bond donors (Lipinski definition) is 2. The van der Waals surface area contributed by atoms with Gasteiger partial charge in [-0.05, 0) is 18.6 Å². The van der Waals surface area contributed by atoms with Gasteiger partial charge in [0.1, 0.15) is 11.3 Å². The van der Waals surface area contributed by atoms with Gasteiger partial charge in [-0.15, -0.1) is 24.0 Å². The minimum atomic E-state index is 0. The molecule has 0 aliphatic carbocycles. The summed E-state index contributed by atoms with van der Waals surface area (Å²) in [6, 6.07) is 10.1. The summed E-state index contributed by atoms with van der Waals surface area (Å²) in [6.45, 7) is 6.26. The van der Waals surface area contributed by atoms with Gasteiger partial charge >= 0.3 is 0 Å². The average molecular weight is 458 g/mol. The Hall–Kier alpha value is -1.32. The monoisotopic (exact) mass is 458 g/mol. The van der Waals surface area contributed by atoms with Gasteiger partial charge in [0, 0.05) is 44.5 Å². The van der Waals surface area contributed by atoms with Crippen molar-refractivity contribution in [1.29, 1.82) is 0 Å². The van der Waals surface area contributed by atoms with E-state index in [1.807, 2.05) is 18.2 Å². The number of rotatable bonds is 7. The topological polar surface area (TPSA) is 76.0 Å². The second-order valence-electron chi connectivity index (χ2n) is 6.00. The minimum absolute atomic E-state index is 0. The van der Waals surface area contributed by atoms with Crippen LogP contribution in [0.4, 0.5) is 0 Å². The van der Waals surface area contributed by atoms with E-state index in [1.54, 1.807) is 0 Å². The second-order valence-corrected chi connectivity index (χ2v) is 6.00. The molecule has 1 aliphatic heterocycles. The molecule has 0 atom stereocenters. The van der Waals surface area contributed by atoms with Crippen molar-refractivity contribution in [3.8, 4) is 0 Å². The van der Waals surface area contributed by atoms with Crippen LogP contribution >= 0.6 is 24.0 Å². The summed E-state index contributed by atoms with van der Waals surface area (Å²) in [4.78, 5) is 6.78. The van der Waals surface area contributed by atoms with E-state index in [-0.39, 0.29) is 24.0 Å². The molecule has 25 heavy (non-hydrogen) atoms. The number of nitrogens with one attached hydrogen (secondary N) is 1. The molecular weight excluding hydrogens is 431 g/mol.